The van der Waals surface area contributed by atoms with Crippen molar-refractivity contribution >= 4 is 11.7 Å². The van der Waals surface area contributed by atoms with E-state index in [0.29, 0.717) is 12.2 Å². The molecule has 27 heavy (non-hydrogen) atoms. The molecular weight excluding hydrogens is 334 g/mol. The highest BCUT2D eigenvalue weighted by Gasteiger charge is 2.05. The SMILES string of the molecule is CC(C)CCCCNC(=O)CCCCCCCCCCCCC(=O)C(C)C. The van der Waals surface area contributed by atoms with Crippen LogP contribution >= 0.6 is 0 Å². The molecule has 0 spiro atoms. The second kappa shape index (κ2) is 18.5. The van der Waals surface area contributed by atoms with E-state index in [1.165, 1.54) is 64.2 Å². The number of nitrogens with one attached hydrogen (secondary N) is 1. The van der Waals surface area contributed by atoms with E-state index in [1.54, 1.807) is 0 Å². The van der Waals surface area contributed by atoms with E-state index in [0.717, 1.165) is 38.1 Å². The molecule has 1 N–H and O–H groups in total. The van der Waals surface area contributed by atoms with Gasteiger partial charge in [-0.3, -0.25) is 9.59 Å². The lowest BCUT2D eigenvalue weighted by Gasteiger charge is -2.07. The smallest absolute Gasteiger partial charge is 0.219 e. The Kier molecular flexibility index (Phi) is 17.9. The Morgan fingerprint density at radius 3 is 1.59 bits per heavy atom. The number of carbonyl (C=O) groups is 2. The van der Waals surface area contributed by atoms with Crippen molar-refractivity contribution < 1.29 is 9.59 Å². The summed E-state index contributed by atoms with van der Waals surface area (Å²) >= 11 is 0. The molecule has 0 aromatic rings. The van der Waals surface area contributed by atoms with Gasteiger partial charge in [-0.2, -0.15) is 0 Å². The average Bonchev–Trinajstić information content (AvgIpc) is 2.61. The molecule has 0 rings (SSSR count). The number of hydrogen-bond donors (Lipinski definition) is 1. The normalized spacial score (nSPS) is 11.3. The van der Waals surface area contributed by atoms with Gasteiger partial charge in [-0.15, -0.1) is 0 Å². The second-order valence-electron chi connectivity index (χ2n) is 8.90. The van der Waals surface area contributed by atoms with Crippen LogP contribution in [0.4, 0.5) is 0 Å². The summed E-state index contributed by atoms with van der Waals surface area (Å²) in [4.78, 5) is 23.3. The van der Waals surface area contributed by atoms with Gasteiger partial charge in [0, 0.05) is 25.3 Å². The second-order valence-corrected chi connectivity index (χ2v) is 8.90. The predicted octanol–water partition coefficient (Wildman–Crippen LogP) is 6.84. The van der Waals surface area contributed by atoms with Gasteiger partial charge in [0.2, 0.25) is 5.91 Å². The summed E-state index contributed by atoms with van der Waals surface area (Å²) in [5.41, 5.74) is 0. The van der Waals surface area contributed by atoms with Gasteiger partial charge in [-0.25, -0.2) is 0 Å². The number of hydrogen-bond acceptors (Lipinski definition) is 2. The molecule has 3 heteroatoms. The summed E-state index contributed by atoms with van der Waals surface area (Å²) in [5, 5.41) is 3.04. The molecule has 0 saturated carbocycles. The van der Waals surface area contributed by atoms with E-state index in [-0.39, 0.29) is 11.8 Å². The maximum Gasteiger partial charge on any atom is 0.219 e. The summed E-state index contributed by atoms with van der Waals surface area (Å²) in [6.45, 7) is 9.32. The highest BCUT2D eigenvalue weighted by Crippen LogP contribution is 2.13. The van der Waals surface area contributed by atoms with Gasteiger partial charge in [0.25, 0.3) is 0 Å². The monoisotopic (exact) mass is 381 g/mol. The maximum absolute atomic E-state index is 11.7. The summed E-state index contributed by atoms with van der Waals surface area (Å²) < 4.78 is 0. The van der Waals surface area contributed by atoms with E-state index in [1.807, 2.05) is 13.8 Å². The average molecular weight is 382 g/mol. The van der Waals surface area contributed by atoms with Crippen LogP contribution in [0.1, 0.15) is 124 Å². The van der Waals surface area contributed by atoms with Crippen LogP contribution in [0.15, 0.2) is 0 Å². The van der Waals surface area contributed by atoms with Crippen molar-refractivity contribution in [2.24, 2.45) is 11.8 Å². The van der Waals surface area contributed by atoms with Crippen molar-refractivity contribution in [3.05, 3.63) is 0 Å². The zero-order chi connectivity index (χ0) is 20.3. The van der Waals surface area contributed by atoms with Gasteiger partial charge < -0.3 is 5.32 Å². The van der Waals surface area contributed by atoms with E-state index in [2.05, 4.69) is 19.2 Å². The van der Waals surface area contributed by atoms with E-state index in [4.69, 9.17) is 0 Å². The highest BCUT2D eigenvalue weighted by molar-refractivity contribution is 5.80. The largest absolute Gasteiger partial charge is 0.356 e. The molecule has 0 saturated heterocycles. The number of Topliss-reactive ketones (excluding diaryl/α,β-unsaturated/α-hetero) is 1. The molecular formula is C24H47NO2. The first kappa shape index (κ1) is 26.1. The Bertz CT molecular complexity index is 363. The van der Waals surface area contributed by atoms with Gasteiger partial charge in [0.1, 0.15) is 5.78 Å². The summed E-state index contributed by atoms with van der Waals surface area (Å²) in [6, 6.07) is 0. The highest BCUT2D eigenvalue weighted by atomic mass is 16.1. The standard InChI is InChI=1S/C24H47NO2/c1-21(2)17-15-16-20-25-24(27)19-14-12-10-8-6-5-7-9-11-13-18-23(26)22(3)4/h21-22H,5-20H2,1-4H3,(H,25,27). The summed E-state index contributed by atoms with van der Waals surface area (Å²) in [7, 11) is 0. The van der Waals surface area contributed by atoms with Crippen molar-refractivity contribution in [2.45, 2.75) is 124 Å². The lowest BCUT2D eigenvalue weighted by molar-refractivity contribution is -0.122. The van der Waals surface area contributed by atoms with Crippen LogP contribution in [0.3, 0.4) is 0 Å². The van der Waals surface area contributed by atoms with Crippen LogP contribution in [0.2, 0.25) is 0 Å². The predicted molar refractivity (Wildman–Crippen MR) is 117 cm³/mol. The third-order valence-corrected chi connectivity index (χ3v) is 5.25. The lowest BCUT2D eigenvalue weighted by atomic mass is 10.0. The molecule has 0 aliphatic heterocycles. The first-order valence-corrected chi connectivity index (χ1v) is 11.7. The molecule has 0 aromatic carbocycles. The number of rotatable bonds is 19. The van der Waals surface area contributed by atoms with E-state index < -0.39 is 0 Å². The minimum atomic E-state index is 0.200. The molecule has 0 radical (unpaired) electrons. The molecule has 0 aromatic heterocycles. The van der Waals surface area contributed by atoms with Crippen molar-refractivity contribution in [3.63, 3.8) is 0 Å². The van der Waals surface area contributed by atoms with Crippen LogP contribution in [0, 0.1) is 11.8 Å². The molecule has 0 aliphatic rings. The van der Waals surface area contributed by atoms with Crippen LogP contribution < -0.4 is 5.32 Å². The van der Waals surface area contributed by atoms with E-state index in [9.17, 15) is 9.59 Å². The molecule has 0 fully saturated rings. The van der Waals surface area contributed by atoms with Crippen LogP contribution in [0.5, 0.6) is 0 Å². The Morgan fingerprint density at radius 2 is 1.11 bits per heavy atom. The van der Waals surface area contributed by atoms with Crippen LogP contribution in [0.25, 0.3) is 0 Å². The first-order valence-electron chi connectivity index (χ1n) is 11.7. The number of carbonyl (C=O) groups excluding carboxylic acids is 2. The van der Waals surface area contributed by atoms with Gasteiger partial charge in [0.05, 0.1) is 0 Å². The van der Waals surface area contributed by atoms with Crippen LogP contribution in [-0.2, 0) is 9.59 Å². The Hall–Kier alpha value is -0.860. The Balaban J connectivity index is 3.22. The Labute approximate surface area is 169 Å². The molecule has 1 amide bonds. The number of ketones is 1. The molecule has 0 aliphatic carbocycles. The molecule has 0 bridgehead atoms. The van der Waals surface area contributed by atoms with Crippen molar-refractivity contribution in [1.82, 2.24) is 5.32 Å². The first-order chi connectivity index (χ1) is 12.9. The molecule has 160 valence electrons. The fourth-order valence-corrected chi connectivity index (χ4v) is 3.28. The minimum absolute atomic E-state index is 0.200. The third-order valence-electron chi connectivity index (χ3n) is 5.25. The fourth-order valence-electron chi connectivity index (χ4n) is 3.28. The fraction of sp³-hybridized carbons (Fsp3) is 0.917. The van der Waals surface area contributed by atoms with Gasteiger partial charge in [-0.1, -0.05) is 91.9 Å². The molecule has 0 unspecified atom stereocenters. The Morgan fingerprint density at radius 1 is 0.630 bits per heavy atom. The zero-order valence-corrected chi connectivity index (χ0v) is 18.8. The summed E-state index contributed by atoms with van der Waals surface area (Å²) in [5.74, 6) is 1.61. The van der Waals surface area contributed by atoms with Crippen molar-refractivity contribution in [1.29, 1.82) is 0 Å². The number of unbranched alkanes of at least 4 members (excludes halogenated alkanes) is 10. The molecule has 0 heterocycles. The van der Waals surface area contributed by atoms with E-state index >= 15 is 0 Å². The van der Waals surface area contributed by atoms with Gasteiger partial charge in [0.15, 0.2) is 0 Å². The molecule has 0 atom stereocenters. The van der Waals surface area contributed by atoms with Crippen molar-refractivity contribution in [2.75, 3.05) is 6.54 Å². The molecule has 3 nitrogen and oxygen atoms in total. The quantitative estimate of drug-likeness (QED) is 0.249. The van der Waals surface area contributed by atoms with Gasteiger partial charge in [-0.05, 0) is 25.2 Å². The summed E-state index contributed by atoms with van der Waals surface area (Å²) in [6.07, 6.45) is 17.3. The maximum atomic E-state index is 11.7. The van der Waals surface area contributed by atoms with Crippen molar-refractivity contribution in [3.8, 4) is 0 Å². The zero-order valence-electron chi connectivity index (χ0n) is 18.8. The van der Waals surface area contributed by atoms with Crippen LogP contribution in [-0.4, -0.2) is 18.2 Å². The topological polar surface area (TPSA) is 46.2 Å². The lowest BCUT2D eigenvalue weighted by Crippen LogP contribution is -2.24. The number of amides is 1. The minimum Gasteiger partial charge on any atom is -0.356 e. The third kappa shape index (κ3) is 19.7. The van der Waals surface area contributed by atoms with Gasteiger partial charge >= 0.3 is 0 Å².